The lowest BCUT2D eigenvalue weighted by Crippen LogP contribution is -2.37. The molecule has 2 N–H and O–H groups in total. The van der Waals surface area contributed by atoms with Gasteiger partial charge in [-0.05, 0) is 25.0 Å². The molecule has 0 saturated carbocycles. The summed E-state index contributed by atoms with van der Waals surface area (Å²) in [6.45, 7) is 7.24. The Hall–Kier alpha value is -1.49. The third-order valence-electron chi connectivity index (χ3n) is 2.61. The maximum Gasteiger partial charge on any atom is 0.272 e. The first-order valence-electron chi connectivity index (χ1n) is 6.41. The Morgan fingerprint density at radius 1 is 1.47 bits per heavy atom. The lowest BCUT2D eigenvalue weighted by Gasteiger charge is -2.24. The molecule has 0 bridgehead atoms. The summed E-state index contributed by atoms with van der Waals surface area (Å²) in [4.78, 5) is 18.9. The van der Waals surface area contributed by atoms with Crippen molar-refractivity contribution in [2.45, 2.75) is 27.2 Å². The molecule has 0 aliphatic carbocycles. The van der Waals surface area contributed by atoms with E-state index in [1.807, 2.05) is 19.1 Å². The van der Waals surface area contributed by atoms with Crippen LogP contribution in [0.4, 0.5) is 0 Å². The van der Waals surface area contributed by atoms with Crippen LogP contribution >= 0.6 is 12.2 Å². The van der Waals surface area contributed by atoms with E-state index in [1.165, 1.54) is 0 Å². The Morgan fingerprint density at radius 2 is 2.16 bits per heavy atom. The molecule has 19 heavy (non-hydrogen) atoms. The van der Waals surface area contributed by atoms with Gasteiger partial charge in [0.1, 0.15) is 5.69 Å². The fraction of sp³-hybridized carbons (Fsp3) is 0.500. The second-order valence-corrected chi connectivity index (χ2v) is 5.55. The van der Waals surface area contributed by atoms with Gasteiger partial charge in [-0.3, -0.25) is 4.79 Å². The summed E-state index contributed by atoms with van der Waals surface area (Å²) in [7, 11) is 0. The molecule has 0 saturated heterocycles. The van der Waals surface area contributed by atoms with E-state index in [4.69, 9.17) is 18.0 Å². The third-order valence-corrected chi connectivity index (χ3v) is 2.81. The van der Waals surface area contributed by atoms with Gasteiger partial charge in [0, 0.05) is 25.2 Å². The predicted molar refractivity (Wildman–Crippen MR) is 81.1 cm³/mol. The maximum atomic E-state index is 12.4. The molecule has 1 amide bonds. The fourth-order valence-corrected chi connectivity index (χ4v) is 1.88. The molecule has 0 spiro atoms. The zero-order valence-electron chi connectivity index (χ0n) is 11.7. The van der Waals surface area contributed by atoms with Crippen molar-refractivity contribution in [3.8, 4) is 0 Å². The molecule has 4 nitrogen and oxygen atoms in total. The van der Waals surface area contributed by atoms with Crippen molar-refractivity contribution in [1.29, 1.82) is 0 Å². The number of hydrogen-bond donors (Lipinski definition) is 1. The zero-order chi connectivity index (χ0) is 14.4. The van der Waals surface area contributed by atoms with Crippen molar-refractivity contribution >= 4 is 23.1 Å². The van der Waals surface area contributed by atoms with Gasteiger partial charge in [-0.25, -0.2) is 4.98 Å². The molecule has 0 aliphatic rings. The SMILES string of the molecule is Cc1cccc(C(=O)N(CCC(N)=S)CC(C)C)n1. The van der Waals surface area contributed by atoms with Crippen LogP contribution < -0.4 is 5.73 Å². The van der Waals surface area contributed by atoms with Gasteiger partial charge in [-0.2, -0.15) is 0 Å². The highest BCUT2D eigenvalue weighted by molar-refractivity contribution is 7.80. The molecular formula is C14H21N3OS. The smallest absolute Gasteiger partial charge is 0.272 e. The molecule has 1 rings (SSSR count). The molecule has 1 aromatic heterocycles. The highest BCUT2D eigenvalue weighted by Crippen LogP contribution is 2.07. The largest absolute Gasteiger partial charge is 0.393 e. The van der Waals surface area contributed by atoms with Crippen molar-refractivity contribution in [1.82, 2.24) is 9.88 Å². The van der Waals surface area contributed by atoms with E-state index in [-0.39, 0.29) is 5.91 Å². The summed E-state index contributed by atoms with van der Waals surface area (Å²) in [6.07, 6.45) is 0.541. The number of rotatable bonds is 6. The van der Waals surface area contributed by atoms with Crippen molar-refractivity contribution in [3.05, 3.63) is 29.6 Å². The topological polar surface area (TPSA) is 59.2 Å². The van der Waals surface area contributed by atoms with Gasteiger partial charge in [0.05, 0.1) is 4.99 Å². The standard InChI is InChI=1S/C14H21N3OS/c1-10(2)9-17(8-7-13(15)19)14(18)12-6-4-5-11(3)16-12/h4-6,10H,7-9H2,1-3H3,(H2,15,19). The van der Waals surface area contributed by atoms with Crippen molar-refractivity contribution in [2.75, 3.05) is 13.1 Å². The highest BCUT2D eigenvalue weighted by Gasteiger charge is 2.18. The number of aromatic nitrogens is 1. The van der Waals surface area contributed by atoms with E-state index >= 15 is 0 Å². The minimum Gasteiger partial charge on any atom is -0.393 e. The number of carbonyl (C=O) groups is 1. The van der Waals surface area contributed by atoms with Crippen LogP contribution in [-0.2, 0) is 0 Å². The van der Waals surface area contributed by atoms with E-state index in [0.717, 1.165) is 5.69 Å². The number of amides is 1. The van der Waals surface area contributed by atoms with Crippen LogP contribution in [0.5, 0.6) is 0 Å². The van der Waals surface area contributed by atoms with Gasteiger partial charge in [0.25, 0.3) is 5.91 Å². The molecule has 0 unspecified atom stereocenters. The fourth-order valence-electron chi connectivity index (χ4n) is 1.79. The minimum atomic E-state index is -0.0614. The van der Waals surface area contributed by atoms with E-state index in [0.29, 0.717) is 36.1 Å². The first-order chi connectivity index (χ1) is 8.90. The lowest BCUT2D eigenvalue weighted by molar-refractivity contribution is 0.0735. The van der Waals surface area contributed by atoms with Gasteiger partial charge in [0.15, 0.2) is 0 Å². The zero-order valence-corrected chi connectivity index (χ0v) is 12.5. The van der Waals surface area contributed by atoms with Gasteiger partial charge in [0.2, 0.25) is 0 Å². The van der Waals surface area contributed by atoms with Crippen LogP contribution in [0.15, 0.2) is 18.2 Å². The van der Waals surface area contributed by atoms with Gasteiger partial charge >= 0.3 is 0 Å². The van der Waals surface area contributed by atoms with Crippen LogP contribution in [0, 0.1) is 12.8 Å². The van der Waals surface area contributed by atoms with E-state index < -0.39 is 0 Å². The molecule has 0 aromatic carbocycles. The second-order valence-electron chi connectivity index (χ2n) is 5.03. The van der Waals surface area contributed by atoms with Crippen molar-refractivity contribution in [3.63, 3.8) is 0 Å². The van der Waals surface area contributed by atoms with Crippen molar-refractivity contribution in [2.24, 2.45) is 11.7 Å². The number of aryl methyl sites for hydroxylation is 1. The van der Waals surface area contributed by atoms with Crippen LogP contribution in [0.1, 0.15) is 36.5 Å². The Morgan fingerprint density at radius 3 is 2.68 bits per heavy atom. The van der Waals surface area contributed by atoms with Crippen molar-refractivity contribution < 1.29 is 4.79 Å². The number of hydrogen-bond acceptors (Lipinski definition) is 3. The molecular weight excluding hydrogens is 258 g/mol. The summed E-state index contributed by atoms with van der Waals surface area (Å²) in [6, 6.07) is 5.46. The molecule has 1 aromatic rings. The molecule has 0 fully saturated rings. The van der Waals surface area contributed by atoms with Crippen LogP contribution in [0.3, 0.4) is 0 Å². The van der Waals surface area contributed by atoms with Crippen LogP contribution in [0.25, 0.3) is 0 Å². The quantitative estimate of drug-likeness (QED) is 0.811. The first-order valence-corrected chi connectivity index (χ1v) is 6.82. The average Bonchev–Trinajstić information content (AvgIpc) is 2.33. The lowest BCUT2D eigenvalue weighted by atomic mass is 10.2. The molecule has 5 heteroatoms. The normalized spacial score (nSPS) is 10.5. The number of thiocarbonyl (C=S) groups is 1. The van der Waals surface area contributed by atoms with Crippen LogP contribution in [-0.4, -0.2) is 33.9 Å². The van der Waals surface area contributed by atoms with Gasteiger partial charge < -0.3 is 10.6 Å². The van der Waals surface area contributed by atoms with E-state index in [9.17, 15) is 4.79 Å². The van der Waals surface area contributed by atoms with Gasteiger partial charge in [-0.1, -0.05) is 32.1 Å². The number of carbonyl (C=O) groups excluding carboxylic acids is 1. The predicted octanol–water partition coefficient (Wildman–Crippen LogP) is 2.16. The number of pyridine rings is 1. The summed E-state index contributed by atoms with van der Waals surface area (Å²) in [5, 5.41) is 0. The first kappa shape index (κ1) is 15.6. The van der Waals surface area contributed by atoms with E-state index in [1.54, 1.807) is 11.0 Å². The number of nitrogens with two attached hydrogens (primary N) is 1. The molecule has 1 heterocycles. The number of nitrogens with zero attached hydrogens (tertiary/aromatic N) is 2. The monoisotopic (exact) mass is 279 g/mol. The second kappa shape index (κ2) is 7.19. The van der Waals surface area contributed by atoms with Gasteiger partial charge in [-0.15, -0.1) is 0 Å². The minimum absolute atomic E-state index is 0.0614. The summed E-state index contributed by atoms with van der Waals surface area (Å²) < 4.78 is 0. The molecule has 0 atom stereocenters. The summed E-state index contributed by atoms with van der Waals surface area (Å²) in [5.74, 6) is 0.328. The Balaban J connectivity index is 2.83. The Bertz CT molecular complexity index is 460. The Kier molecular flexibility index (Phi) is 5.89. The van der Waals surface area contributed by atoms with E-state index in [2.05, 4.69) is 18.8 Å². The third kappa shape index (κ3) is 5.34. The molecule has 0 aliphatic heterocycles. The van der Waals surface area contributed by atoms with Crippen LogP contribution in [0.2, 0.25) is 0 Å². The molecule has 104 valence electrons. The Labute approximate surface area is 120 Å². The average molecular weight is 279 g/mol. The summed E-state index contributed by atoms with van der Waals surface area (Å²) in [5.41, 5.74) is 6.83. The maximum absolute atomic E-state index is 12.4. The molecule has 0 radical (unpaired) electrons. The highest BCUT2D eigenvalue weighted by atomic mass is 32.1. The summed E-state index contributed by atoms with van der Waals surface area (Å²) >= 11 is 4.88.